The molecular weight excluding hydrogens is 408 g/mol. The average Bonchev–Trinajstić information content (AvgIpc) is 3.10. The number of benzene rings is 2. The van der Waals surface area contributed by atoms with Crippen molar-refractivity contribution in [2.24, 2.45) is 11.1 Å². The first kappa shape index (κ1) is 16.3. The van der Waals surface area contributed by atoms with Crippen molar-refractivity contribution in [3.05, 3.63) is 63.1 Å². The highest BCUT2D eigenvalue weighted by Crippen LogP contribution is 2.38. The van der Waals surface area contributed by atoms with Gasteiger partial charge in [0, 0.05) is 15.1 Å². The Bertz CT molecular complexity index is 944. The summed E-state index contributed by atoms with van der Waals surface area (Å²) in [4.78, 5) is 32.2. The van der Waals surface area contributed by atoms with Gasteiger partial charge in [-0.05, 0) is 46.6 Å². The first-order valence-electron chi connectivity index (χ1n) is 7.61. The first-order chi connectivity index (χ1) is 12.0. The van der Waals surface area contributed by atoms with Crippen molar-refractivity contribution < 1.29 is 14.4 Å². The zero-order chi connectivity index (χ0) is 17.7. The number of fused-ring (bicyclic) bond motifs is 1. The van der Waals surface area contributed by atoms with E-state index >= 15 is 0 Å². The topological polar surface area (TPSA) is 59.0 Å². The van der Waals surface area contributed by atoms with Crippen LogP contribution in [-0.2, 0) is 14.4 Å². The Morgan fingerprint density at radius 1 is 1.16 bits per heavy atom. The van der Waals surface area contributed by atoms with Crippen LogP contribution in [0.1, 0.15) is 11.1 Å². The van der Waals surface area contributed by atoms with Crippen LogP contribution in [0, 0.1) is 12.8 Å². The Morgan fingerprint density at radius 2 is 1.92 bits per heavy atom. The molecular formula is C18H12BrClN2O3. The number of amides is 2. The maximum absolute atomic E-state index is 13.0. The Hall–Kier alpha value is -2.18. The Labute approximate surface area is 157 Å². The van der Waals surface area contributed by atoms with Crippen LogP contribution >= 0.6 is 27.5 Å². The molecule has 7 heteroatoms. The zero-order valence-electron chi connectivity index (χ0n) is 13.1. The number of aryl methyl sites for hydroxylation is 1. The first-order valence-corrected chi connectivity index (χ1v) is 8.78. The molecule has 25 heavy (non-hydrogen) atoms. The molecule has 0 aliphatic carbocycles. The van der Waals surface area contributed by atoms with Gasteiger partial charge in [0.1, 0.15) is 11.6 Å². The van der Waals surface area contributed by atoms with Crippen LogP contribution < -0.4 is 4.90 Å². The Morgan fingerprint density at radius 3 is 2.64 bits per heavy atom. The second-order valence-corrected chi connectivity index (χ2v) is 7.19. The van der Waals surface area contributed by atoms with Crippen molar-refractivity contribution in [1.82, 2.24) is 0 Å². The fourth-order valence-corrected chi connectivity index (χ4v) is 4.00. The lowest BCUT2D eigenvalue weighted by Gasteiger charge is -2.17. The molecule has 0 bridgehead atoms. The standard InChI is InChI=1S/C18H12BrClN2O3/c1-9-6-7-13(11(19)8-9)22-17(23)14-15(21-25-16(14)18(22)24)10-4-2-3-5-12(10)20/h2-8,14,16H,1H3/t14-,16-/m0/s1. The predicted octanol–water partition coefficient (Wildman–Crippen LogP) is 3.70. The fourth-order valence-electron chi connectivity index (χ4n) is 3.10. The summed E-state index contributed by atoms with van der Waals surface area (Å²) in [5, 5.41) is 4.43. The maximum atomic E-state index is 13.0. The monoisotopic (exact) mass is 418 g/mol. The number of oxime groups is 1. The van der Waals surface area contributed by atoms with Gasteiger partial charge in [-0.2, -0.15) is 0 Å². The largest absolute Gasteiger partial charge is 0.381 e. The summed E-state index contributed by atoms with van der Waals surface area (Å²) < 4.78 is 0.672. The van der Waals surface area contributed by atoms with Crippen LogP contribution in [0.4, 0.5) is 5.69 Å². The molecule has 2 aliphatic rings. The van der Waals surface area contributed by atoms with Gasteiger partial charge >= 0.3 is 0 Å². The van der Waals surface area contributed by atoms with Crippen molar-refractivity contribution in [2.75, 3.05) is 4.90 Å². The molecule has 2 amide bonds. The number of hydrogen-bond donors (Lipinski definition) is 0. The number of imide groups is 1. The van der Waals surface area contributed by atoms with E-state index < -0.39 is 17.9 Å². The highest BCUT2D eigenvalue weighted by Gasteiger charge is 2.56. The summed E-state index contributed by atoms with van der Waals surface area (Å²) >= 11 is 9.65. The van der Waals surface area contributed by atoms with E-state index in [0.29, 0.717) is 26.5 Å². The van der Waals surface area contributed by atoms with Gasteiger partial charge in [-0.1, -0.05) is 41.0 Å². The summed E-state index contributed by atoms with van der Waals surface area (Å²) in [5.74, 6) is -1.58. The molecule has 0 saturated carbocycles. The van der Waals surface area contributed by atoms with Gasteiger partial charge in [-0.15, -0.1) is 0 Å². The van der Waals surface area contributed by atoms with E-state index in [1.165, 1.54) is 0 Å². The molecule has 4 rings (SSSR count). The number of nitrogens with zero attached hydrogens (tertiary/aromatic N) is 2. The van der Waals surface area contributed by atoms with Gasteiger partial charge in [0.2, 0.25) is 12.0 Å². The van der Waals surface area contributed by atoms with E-state index in [4.69, 9.17) is 16.4 Å². The second-order valence-electron chi connectivity index (χ2n) is 5.93. The second kappa shape index (κ2) is 5.97. The quantitative estimate of drug-likeness (QED) is 0.697. The van der Waals surface area contributed by atoms with Crippen molar-refractivity contribution >= 4 is 50.7 Å². The van der Waals surface area contributed by atoms with Crippen LogP contribution in [0.2, 0.25) is 5.02 Å². The number of carbonyl (C=O) groups is 2. The van der Waals surface area contributed by atoms with Crippen LogP contribution in [-0.4, -0.2) is 23.6 Å². The minimum Gasteiger partial charge on any atom is -0.381 e. The minimum absolute atomic E-state index is 0.365. The molecule has 0 radical (unpaired) electrons. The van der Waals surface area contributed by atoms with Gasteiger partial charge in [-0.25, -0.2) is 4.90 Å². The van der Waals surface area contributed by atoms with E-state index in [-0.39, 0.29) is 5.91 Å². The normalized spacial score (nSPS) is 22.0. The highest BCUT2D eigenvalue weighted by molar-refractivity contribution is 9.10. The molecule has 0 spiro atoms. The van der Waals surface area contributed by atoms with E-state index in [9.17, 15) is 9.59 Å². The van der Waals surface area contributed by atoms with Crippen molar-refractivity contribution in [1.29, 1.82) is 0 Å². The fraction of sp³-hybridized carbons (Fsp3) is 0.167. The zero-order valence-corrected chi connectivity index (χ0v) is 15.4. The molecule has 0 unspecified atom stereocenters. The summed E-state index contributed by atoms with van der Waals surface area (Å²) in [6.07, 6.45) is -0.952. The summed E-state index contributed by atoms with van der Waals surface area (Å²) in [6, 6.07) is 12.5. The van der Waals surface area contributed by atoms with Gasteiger partial charge < -0.3 is 4.84 Å². The maximum Gasteiger partial charge on any atom is 0.279 e. The molecule has 1 saturated heterocycles. The third kappa shape index (κ3) is 2.48. The molecule has 2 heterocycles. The van der Waals surface area contributed by atoms with Gasteiger partial charge in [0.05, 0.1) is 5.69 Å². The van der Waals surface area contributed by atoms with Gasteiger partial charge in [0.25, 0.3) is 5.91 Å². The smallest absolute Gasteiger partial charge is 0.279 e. The summed E-state index contributed by atoms with van der Waals surface area (Å²) in [7, 11) is 0. The molecule has 2 aromatic rings. The number of anilines is 1. The number of carbonyl (C=O) groups excluding carboxylic acids is 2. The molecule has 2 atom stereocenters. The van der Waals surface area contributed by atoms with Crippen molar-refractivity contribution in [2.45, 2.75) is 13.0 Å². The average molecular weight is 420 g/mol. The third-order valence-electron chi connectivity index (χ3n) is 4.31. The van der Waals surface area contributed by atoms with Crippen molar-refractivity contribution in [3.63, 3.8) is 0 Å². The molecule has 2 aromatic carbocycles. The SMILES string of the molecule is Cc1ccc(N2C(=O)[C@H]3C(c4ccccc4Cl)=NO[C@@H]3C2=O)c(Br)c1. The van der Waals surface area contributed by atoms with E-state index in [1.807, 2.05) is 19.1 Å². The van der Waals surface area contributed by atoms with Crippen LogP contribution in [0.3, 0.4) is 0 Å². The van der Waals surface area contributed by atoms with Gasteiger partial charge in [-0.3, -0.25) is 9.59 Å². The predicted molar refractivity (Wildman–Crippen MR) is 97.7 cm³/mol. The van der Waals surface area contributed by atoms with Crippen LogP contribution in [0.25, 0.3) is 0 Å². The molecule has 0 N–H and O–H groups in total. The lowest BCUT2D eigenvalue weighted by atomic mass is 9.94. The van der Waals surface area contributed by atoms with E-state index in [0.717, 1.165) is 10.5 Å². The van der Waals surface area contributed by atoms with E-state index in [1.54, 1.807) is 30.3 Å². The highest BCUT2D eigenvalue weighted by atomic mass is 79.9. The number of halogens is 2. The van der Waals surface area contributed by atoms with Crippen LogP contribution in [0.5, 0.6) is 0 Å². The van der Waals surface area contributed by atoms with E-state index in [2.05, 4.69) is 21.1 Å². The van der Waals surface area contributed by atoms with Crippen LogP contribution in [0.15, 0.2) is 52.1 Å². The molecule has 2 aliphatic heterocycles. The van der Waals surface area contributed by atoms with Gasteiger partial charge in [0.15, 0.2) is 0 Å². The lowest BCUT2D eigenvalue weighted by molar-refractivity contribution is -0.126. The summed E-state index contributed by atoms with van der Waals surface area (Å²) in [5.41, 5.74) is 2.50. The molecule has 0 aromatic heterocycles. The molecule has 5 nitrogen and oxygen atoms in total. The van der Waals surface area contributed by atoms with Crippen molar-refractivity contribution in [3.8, 4) is 0 Å². The minimum atomic E-state index is -0.952. The molecule has 126 valence electrons. The number of hydrogen-bond acceptors (Lipinski definition) is 4. The molecule has 1 fully saturated rings. The lowest BCUT2D eigenvalue weighted by Crippen LogP contribution is -2.33. The Balaban J connectivity index is 1.75. The third-order valence-corrected chi connectivity index (χ3v) is 5.27. The summed E-state index contributed by atoms with van der Waals surface area (Å²) in [6.45, 7) is 1.93. The Kier molecular flexibility index (Phi) is 3.89. The number of rotatable bonds is 2.